The molecule has 3 aliphatic heterocycles. The molecule has 0 bridgehead atoms. The molecule has 2 aromatic carbocycles. The lowest BCUT2D eigenvalue weighted by Crippen LogP contribution is -2.42. The van der Waals surface area contributed by atoms with Crippen molar-refractivity contribution in [2.75, 3.05) is 24.7 Å². The second kappa shape index (κ2) is 6.37. The maximum atomic E-state index is 13.9. The van der Waals surface area contributed by atoms with Gasteiger partial charge in [0.2, 0.25) is 5.91 Å². The van der Waals surface area contributed by atoms with Gasteiger partial charge in [-0.1, -0.05) is 35.9 Å². The molecule has 0 N–H and O–H groups in total. The van der Waals surface area contributed by atoms with Crippen molar-refractivity contribution in [2.24, 2.45) is 0 Å². The highest BCUT2D eigenvalue weighted by Crippen LogP contribution is 2.54. The number of halogens is 1. The first kappa shape index (κ1) is 17.6. The Kier molecular flexibility index (Phi) is 3.74. The smallest absolute Gasteiger partial charge is 0.246 e. The zero-order valence-corrected chi connectivity index (χ0v) is 16.7. The molecule has 3 aliphatic rings. The SMILES string of the molecule is O=C1N(Cc2cccc(Cl)n2)c2ccccc2C12COc1cc3c(cc12)OCCO3. The van der Waals surface area contributed by atoms with Gasteiger partial charge in [-0.25, -0.2) is 4.98 Å². The van der Waals surface area contributed by atoms with E-state index in [0.29, 0.717) is 42.2 Å². The van der Waals surface area contributed by atoms with Crippen LogP contribution in [0.1, 0.15) is 16.8 Å². The van der Waals surface area contributed by atoms with Crippen molar-refractivity contribution in [1.82, 2.24) is 4.98 Å². The summed E-state index contributed by atoms with van der Waals surface area (Å²) in [7, 11) is 0. The number of amides is 1. The van der Waals surface area contributed by atoms with Crippen LogP contribution in [0.5, 0.6) is 17.2 Å². The first-order chi connectivity index (χ1) is 14.7. The van der Waals surface area contributed by atoms with Gasteiger partial charge in [-0.05, 0) is 29.8 Å². The van der Waals surface area contributed by atoms with Crippen LogP contribution in [-0.4, -0.2) is 30.7 Å². The van der Waals surface area contributed by atoms with Gasteiger partial charge in [-0.2, -0.15) is 0 Å². The summed E-state index contributed by atoms with van der Waals surface area (Å²) in [6.07, 6.45) is 0. The highest BCUT2D eigenvalue weighted by atomic mass is 35.5. The molecular formula is C23H17ClN2O4. The topological polar surface area (TPSA) is 60.9 Å². The molecule has 0 fully saturated rings. The monoisotopic (exact) mass is 420 g/mol. The maximum absolute atomic E-state index is 13.9. The average molecular weight is 421 g/mol. The zero-order valence-electron chi connectivity index (χ0n) is 15.9. The Hall–Kier alpha value is -3.25. The molecule has 1 aromatic heterocycles. The number of ether oxygens (including phenoxy) is 3. The molecular weight excluding hydrogens is 404 g/mol. The predicted octanol–water partition coefficient (Wildman–Crippen LogP) is 3.73. The summed E-state index contributed by atoms with van der Waals surface area (Å²) in [6.45, 7) is 1.55. The van der Waals surface area contributed by atoms with Gasteiger partial charge in [0, 0.05) is 17.3 Å². The van der Waals surface area contributed by atoms with Crippen LogP contribution in [0, 0.1) is 0 Å². The van der Waals surface area contributed by atoms with Gasteiger partial charge in [-0.3, -0.25) is 4.79 Å². The molecule has 150 valence electrons. The van der Waals surface area contributed by atoms with Gasteiger partial charge in [0.1, 0.15) is 36.1 Å². The fourth-order valence-corrected chi connectivity index (χ4v) is 4.75. The van der Waals surface area contributed by atoms with Crippen molar-refractivity contribution in [1.29, 1.82) is 0 Å². The molecule has 1 amide bonds. The van der Waals surface area contributed by atoms with E-state index in [1.165, 1.54) is 0 Å². The van der Waals surface area contributed by atoms with Gasteiger partial charge < -0.3 is 19.1 Å². The van der Waals surface area contributed by atoms with Crippen LogP contribution >= 0.6 is 11.6 Å². The van der Waals surface area contributed by atoms with Crippen molar-refractivity contribution < 1.29 is 19.0 Å². The van der Waals surface area contributed by atoms with E-state index < -0.39 is 5.41 Å². The van der Waals surface area contributed by atoms with E-state index in [1.54, 1.807) is 11.0 Å². The van der Waals surface area contributed by atoms with Gasteiger partial charge in [0.25, 0.3) is 0 Å². The quantitative estimate of drug-likeness (QED) is 0.591. The van der Waals surface area contributed by atoms with E-state index in [1.807, 2.05) is 48.5 Å². The van der Waals surface area contributed by atoms with Crippen LogP contribution in [0.25, 0.3) is 0 Å². The van der Waals surface area contributed by atoms with Crippen molar-refractivity contribution in [2.45, 2.75) is 12.0 Å². The molecule has 3 aromatic rings. The number of rotatable bonds is 2. The lowest BCUT2D eigenvalue weighted by molar-refractivity contribution is -0.122. The molecule has 4 heterocycles. The molecule has 0 saturated carbocycles. The molecule has 6 rings (SSSR count). The Labute approximate surface area is 178 Å². The average Bonchev–Trinajstić information content (AvgIpc) is 3.25. The third kappa shape index (κ3) is 2.37. The van der Waals surface area contributed by atoms with Crippen molar-refractivity contribution in [3.8, 4) is 17.2 Å². The molecule has 6 nitrogen and oxygen atoms in total. The van der Waals surface area contributed by atoms with Crippen LogP contribution in [0.2, 0.25) is 5.15 Å². The summed E-state index contributed by atoms with van der Waals surface area (Å²) in [4.78, 5) is 20.1. The Morgan fingerprint density at radius 2 is 1.73 bits per heavy atom. The van der Waals surface area contributed by atoms with Crippen LogP contribution < -0.4 is 19.1 Å². The Morgan fingerprint density at radius 3 is 2.57 bits per heavy atom. The molecule has 1 atom stereocenters. The number of carbonyl (C=O) groups is 1. The van der Waals surface area contributed by atoms with Crippen molar-refractivity contribution >= 4 is 23.2 Å². The third-order valence-corrected chi connectivity index (χ3v) is 6.12. The minimum absolute atomic E-state index is 0.0408. The van der Waals surface area contributed by atoms with Gasteiger partial charge in [0.15, 0.2) is 11.5 Å². The largest absolute Gasteiger partial charge is 0.491 e. The number of fused-ring (bicyclic) bond motifs is 5. The predicted molar refractivity (Wildman–Crippen MR) is 111 cm³/mol. The number of para-hydroxylation sites is 1. The standard InChI is InChI=1S/C23H17ClN2O4/c24-21-7-3-4-14(25-21)12-26-17-6-2-1-5-15(17)23(22(26)27)13-30-18-11-20-19(10-16(18)23)28-8-9-29-20/h1-7,10-11H,8-9,12-13H2. The fourth-order valence-electron chi connectivity index (χ4n) is 4.57. The third-order valence-electron chi connectivity index (χ3n) is 5.91. The number of pyridine rings is 1. The molecule has 7 heteroatoms. The van der Waals surface area contributed by atoms with Crippen molar-refractivity contribution in [3.63, 3.8) is 0 Å². The molecule has 0 radical (unpaired) electrons. The summed E-state index contributed by atoms with van der Waals surface area (Å²) in [5.41, 5.74) is 2.40. The number of benzene rings is 2. The number of nitrogens with zero attached hydrogens (tertiary/aromatic N) is 2. The summed E-state index contributed by atoms with van der Waals surface area (Å²) >= 11 is 6.06. The van der Waals surface area contributed by atoms with Crippen LogP contribution in [0.15, 0.2) is 54.6 Å². The van der Waals surface area contributed by atoms with Gasteiger partial charge in [0.05, 0.1) is 12.2 Å². The normalized spacial score (nSPS) is 20.8. The van der Waals surface area contributed by atoms with Crippen LogP contribution in [0.3, 0.4) is 0 Å². The van der Waals surface area contributed by atoms with E-state index in [0.717, 1.165) is 22.5 Å². The summed E-state index contributed by atoms with van der Waals surface area (Å²) < 4.78 is 17.5. The fraction of sp³-hybridized carbons (Fsp3) is 0.217. The molecule has 0 saturated heterocycles. The second-order valence-corrected chi connectivity index (χ2v) is 7.93. The highest BCUT2D eigenvalue weighted by Gasteiger charge is 2.57. The molecule has 0 aliphatic carbocycles. The van der Waals surface area contributed by atoms with E-state index in [-0.39, 0.29) is 12.5 Å². The van der Waals surface area contributed by atoms with Gasteiger partial charge in [-0.15, -0.1) is 0 Å². The van der Waals surface area contributed by atoms with E-state index in [2.05, 4.69) is 4.98 Å². The Morgan fingerprint density at radius 1 is 0.933 bits per heavy atom. The van der Waals surface area contributed by atoms with E-state index in [9.17, 15) is 4.79 Å². The van der Waals surface area contributed by atoms with E-state index >= 15 is 0 Å². The van der Waals surface area contributed by atoms with E-state index in [4.69, 9.17) is 25.8 Å². The number of hydrogen-bond acceptors (Lipinski definition) is 5. The number of aromatic nitrogens is 1. The lowest BCUT2D eigenvalue weighted by Gasteiger charge is -2.24. The molecule has 30 heavy (non-hydrogen) atoms. The molecule has 1 spiro atoms. The minimum Gasteiger partial charge on any atom is -0.491 e. The number of anilines is 1. The number of carbonyl (C=O) groups excluding carboxylic acids is 1. The maximum Gasteiger partial charge on any atom is 0.246 e. The highest BCUT2D eigenvalue weighted by molar-refractivity contribution is 6.29. The Balaban J connectivity index is 1.49. The first-order valence-corrected chi connectivity index (χ1v) is 10.1. The zero-order chi connectivity index (χ0) is 20.3. The summed E-state index contributed by atoms with van der Waals surface area (Å²) in [6, 6.07) is 17.0. The minimum atomic E-state index is -0.916. The molecule has 1 unspecified atom stereocenters. The first-order valence-electron chi connectivity index (χ1n) is 9.77. The summed E-state index contributed by atoms with van der Waals surface area (Å²) in [5.74, 6) is 1.91. The van der Waals surface area contributed by atoms with Crippen LogP contribution in [-0.2, 0) is 16.8 Å². The lowest BCUT2D eigenvalue weighted by atomic mass is 9.77. The second-order valence-electron chi connectivity index (χ2n) is 7.55. The number of hydrogen-bond donors (Lipinski definition) is 0. The van der Waals surface area contributed by atoms with Crippen LogP contribution in [0.4, 0.5) is 5.69 Å². The summed E-state index contributed by atoms with van der Waals surface area (Å²) in [5, 5.41) is 0.403. The Bertz CT molecular complexity index is 1200. The van der Waals surface area contributed by atoms with Gasteiger partial charge >= 0.3 is 0 Å². The van der Waals surface area contributed by atoms with Crippen molar-refractivity contribution in [3.05, 3.63) is 76.6 Å².